The van der Waals surface area contributed by atoms with E-state index in [1.807, 2.05) is 0 Å². The number of phosphoric acid groups is 1. The summed E-state index contributed by atoms with van der Waals surface area (Å²) in [5, 5.41) is 0. The Morgan fingerprint density at radius 2 is 0.693 bits per heavy atom. The predicted octanol–water partition coefficient (Wildman–Crippen LogP) is 21.0. The van der Waals surface area contributed by atoms with Crippen LogP contribution in [-0.2, 0) is 32.7 Å². The molecule has 0 saturated carbocycles. The van der Waals surface area contributed by atoms with Gasteiger partial charge in [0.05, 0.1) is 13.2 Å². The van der Waals surface area contributed by atoms with Crippen LogP contribution in [0.15, 0.2) is 24.3 Å². The Balaban J connectivity index is 3.73. The van der Waals surface area contributed by atoms with Crippen LogP contribution in [0.3, 0.4) is 0 Å². The van der Waals surface area contributed by atoms with Crippen LogP contribution in [0.4, 0.5) is 0 Å². The third kappa shape index (κ3) is 61.6. The summed E-state index contributed by atoms with van der Waals surface area (Å²) >= 11 is 0. The first-order chi connectivity index (χ1) is 36.8. The number of esters is 2. The Morgan fingerprint density at radius 1 is 0.400 bits per heavy atom. The molecule has 10 heteroatoms. The summed E-state index contributed by atoms with van der Waals surface area (Å²) in [5.41, 5.74) is 5.39. The highest BCUT2D eigenvalue weighted by Crippen LogP contribution is 2.43. The van der Waals surface area contributed by atoms with Gasteiger partial charge in [0, 0.05) is 19.4 Å². The van der Waals surface area contributed by atoms with Crippen LogP contribution in [0.5, 0.6) is 0 Å². The molecule has 0 spiro atoms. The lowest BCUT2D eigenvalue weighted by molar-refractivity contribution is -0.161. The molecule has 444 valence electrons. The van der Waals surface area contributed by atoms with Crippen molar-refractivity contribution in [2.45, 2.75) is 354 Å². The molecule has 3 N–H and O–H groups in total. The van der Waals surface area contributed by atoms with E-state index in [1.165, 1.54) is 276 Å². The van der Waals surface area contributed by atoms with Crippen molar-refractivity contribution in [3.8, 4) is 0 Å². The third-order valence-corrected chi connectivity index (χ3v) is 15.8. The lowest BCUT2D eigenvalue weighted by Gasteiger charge is -2.19. The van der Waals surface area contributed by atoms with Gasteiger partial charge < -0.3 is 20.1 Å². The molecule has 0 bridgehead atoms. The van der Waals surface area contributed by atoms with E-state index in [4.69, 9.17) is 24.3 Å². The van der Waals surface area contributed by atoms with Crippen LogP contribution in [-0.4, -0.2) is 49.3 Å². The predicted molar refractivity (Wildman–Crippen MR) is 321 cm³/mol. The maximum atomic E-state index is 12.7. The number of unbranched alkanes of at least 4 members (excludes halogenated alkanes) is 46. The summed E-state index contributed by atoms with van der Waals surface area (Å²) in [5.74, 6) is -0.805. The Kier molecular flexibility index (Phi) is 60.5. The fraction of sp³-hybridized carbons (Fsp3) is 0.908. The zero-order valence-corrected chi connectivity index (χ0v) is 50.7. The van der Waals surface area contributed by atoms with Crippen molar-refractivity contribution in [2.24, 2.45) is 5.73 Å². The molecule has 0 aliphatic carbocycles. The third-order valence-electron chi connectivity index (χ3n) is 14.8. The first-order valence-electron chi connectivity index (χ1n) is 32.8. The summed E-state index contributed by atoms with van der Waals surface area (Å²) in [6.45, 7) is 3.79. The van der Waals surface area contributed by atoms with E-state index in [0.29, 0.717) is 6.42 Å². The fourth-order valence-corrected chi connectivity index (χ4v) is 10.7. The molecule has 0 amide bonds. The highest BCUT2D eigenvalue weighted by atomic mass is 31.2. The highest BCUT2D eigenvalue weighted by molar-refractivity contribution is 7.47. The summed E-state index contributed by atoms with van der Waals surface area (Å²) in [6.07, 6.45) is 74.2. The number of hydrogen-bond donors (Lipinski definition) is 2. The molecule has 0 rings (SSSR count). The van der Waals surface area contributed by atoms with E-state index >= 15 is 0 Å². The van der Waals surface area contributed by atoms with Crippen molar-refractivity contribution in [3.63, 3.8) is 0 Å². The largest absolute Gasteiger partial charge is 0.472 e. The molecular weight excluding hydrogens is 954 g/mol. The molecule has 0 fully saturated rings. The summed E-state index contributed by atoms with van der Waals surface area (Å²) in [6, 6.07) is 0. The smallest absolute Gasteiger partial charge is 0.462 e. The number of nitrogens with two attached hydrogens (primary N) is 1. The molecule has 0 heterocycles. The van der Waals surface area contributed by atoms with Crippen molar-refractivity contribution in [2.75, 3.05) is 26.4 Å². The summed E-state index contributed by atoms with van der Waals surface area (Å²) in [4.78, 5) is 35.2. The van der Waals surface area contributed by atoms with Gasteiger partial charge in [-0.2, -0.15) is 0 Å². The van der Waals surface area contributed by atoms with E-state index in [1.54, 1.807) is 0 Å². The zero-order valence-electron chi connectivity index (χ0n) is 49.8. The number of rotatable bonds is 63. The Hall–Kier alpha value is -1.51. The first kappa shape index (κ1) is 73.5. The van der Waals surface area contributed by atoms with Gasteiger partial charge in [-0.15, -0.1) is 0 Å². The molecular formula is C65H126NO8P. The zero-order chi connectivity index (χ0) is 54.5. The minimum Gasteiger partial charge on any atom is -0.462 e. The van der Waals surface area contributed by atoms with Crippen LogP contribution >= 0.6 is 7.82 Å². The number of allylic oxidation sites excluding steroid dienone is 4. The van der Waals surface area contributed by atoms with Crippen LogP contribution in [0.2, 0.25) is 0 Å². The lowest BCUT2D eigenvalue weighted by Crippen LogP contribution is -2.29. The second kappa shape index (κ2) is 61.7. The first-order valence-corrected chi connectivity index (χ1v) is 34.3. The molecule has 75 heavy (non-hydrogen) atoms. The Morgan fingerprint density at radius 3 is 1.01 bits per heavy atom. The van der Waals surface area contributed by atoms with Crippen LogP contribution in [0.1, 0.15) is 348 Å². The number of carbonyl (C=O) groups excluding carboxylic acids is 2. The molecule has 0 saturated heterocycles. The van der Waals surface area contributed by atoms with E-state index < -0.39 is 26.5 Å². The van der Waals surface area contributed by atoms with Crippen molar-refractivity contribution in [3.05, 3.63) is 24.3 Å². The van der Waals surface area contributed by atoms with Crippen LogP contribution < -0.4 is 5.73 Å². The van der Waals surface area contributed by atoms with E-state index in [0.717, 1.165) is 38.5 Å². The minimum atomic E-state index is -4.38. The van der Waals surface area contributed by atoms with Gasteiger partial charge in [-0.05, 0) is 44.9 Å². The van der Waals surface area contributed by atoms with E-state index in [2.05, 4.69) is 38.2 Å². The van der Waals surface area contributed by atoms with Crippen molar-refractivity contribution < 1.29 is 37.6 Å². The molecule has 0 aromatic rings. The molecule has 0 aromatic heterocycles. The van der Waals surface area contributed by atoms with E-state index in [9.17, 15) is 19.0 Å². The average Bonchev–Trinajstić information content (AvgIpc) is 3.40. The SMILES string of the molecule is CCCCCCC/C=C\C/C=C\CCCCCCCCCCCCCCCCCCCCCCCCCCCCCC(=O)OC(COC(=O)CCCCCCCCCCCCCCCCC)COP(=O)(O)OCCN. The lowest BCUT2D eigenvalue weighted by atomic mass is 10.0. The molecule has 0 aliphatic rings. The van der Waals surface area contributed by atoms with Gasteiger partial charge in [0.25, 0.3) is 0 Å². The van der Waals surface area contributed by atoms with Gasteiger partial charge in [0.2, 0.25) is 0 Å². The molecule has 9 nitrogen and oxygen atoms in total. The topological polar surface area (TPSA) is 134 Å². The normalized spacial score (nSPS) is 13.1. The van der Waals surface area contributed by atoms with Crippen molar-refractivity contribution in [1.29, 1.82) is 0 Å². The quantitative estimate of drug-likeness (QED) is 0.0264. The van der Waals surface area contributed by atoms with Crippen molar-refractivity contribution in [1.82, 2.24) is 0 Å². The van der Waals surface area contributed by atoms with Gasteiger partial charge in [-0.3, -0.25) is 18.6 Å². The Labute approximate surface area is 465 Å². The van der Waals surface area contributed by atoms with E-state index in [-0.39, 0.29) is 38.6 Å². The molecule has 2 unspecified atom stereocenters. The second-order valence-electron chi connectivity index (χ2n) is 22.3. The standard InChI is InChI=1S/C65H126NO8P/c1-3-5-7-9-11-13-15-17-19-20-21-22-23-24-25-26-27-28-29-30-31-32-33-34-35-36-37-38-39-40-41-42-44-46-48-50-52-54-56-58-65(68)74-63(62-73-75(69,70)72-60-59-66)61-71-64(67)57-55-53-51-49-47-45-43-18-16-14-12-10-8-6-4-2/h15,17,20-21,63H,3-14,16,18-19,22-62,66H2,1-2H3,(H,69,70)/b17-15-,21-20-. The molecule has 0 radical (unpaired) electrons. The number of phosphoric ester groups is 1. The minimum absolute atomic E-state index is 0.0574. The van der Waals surface area contributed by atoms with Gasteiger partial charge in [0.1, 0.15) is 6.61 Å². The maximum Gasteiger partial charge on any atom is 0.472 e. The number of ether oxygens (including phenoxy) is 2. The monoisotopic (exact) mass is 1080 g/mol. The van der Waals surface area contributed by atoms with Crippen molar-refractivity contribution >= 4 is 19.8 Å². The van der Waals surface area contributed by atoms with Gasteiger partial charge in [-0.25, -0.2) is 4.57 Å². The Bertz CT molecular complexity index is 1280. The van der Waals surface area contributed by atoms with Gasteiger partial charge >= 0.3 is 19.8 Å². The highest BCUT2D eigenvalue weighted by Gasteiger charge is 2.26. The molecule has 0 aliphatic heterocycles. The second-order valence-corrected chi connectivity index (χ2v) is 23.8. The number of hydrogen-bond acceptors (Lipinski definition) is 8. The van der Waals surface area contributed by atoms with Crippen LogP contribution in [0, 0.1) is 0 Å². The number of carbonyl (C=O) groups is 2. The van der Waals surface area contributed by atoms with Gasteiger partial charge in [0.15, 0.2) is 6.10 Å². The summed E-state index contributed by atoms with van der Waals surface area (Å²) in [7, 11) is -4.38. The molecule has 0 aromatic carbocycles. The average molecular weight is 1080 g/mol. The summed E-state index contributed by atoms with van der Waals surface area (Å²) < 4.78 is 33.1. The fourth-order valence-electron chi connectivity index (χ4n) is 9.97. The molecule has 2 atom stereocenters. The van der Waals surface area contributed by atoms with Gasteiger partial charge in [-0.1, -0.05) is 314 Å². The maximum absolute atomic E-state index is 12.7. The van der Waals surface area contributed by atoms with Crippen LogP contribution in [0.25, 0.3) is 0 Å².